The molecule has 0 bridgehead atoms. The van der Waals surface area contributed by atoms with Gasteiger partial charge in [-0.25, -0.2) is 9.97 Å². The third-order valence-electron chi connectivity index (χ3n) is 5.24. The number of hydrogen-bond donors (Lipinski definition) is 1. The highest BCUT2D eigenvalue weighted by atomic mass is 32.2. The predicted octanol–water partition coefficient (Wildman–Crippen LogP) is 3.80. The van der Waals surface area contributed by atoms with Gasteiger partial charge in [-0.1, -0.05) is 30.8 Å². The predicted molar refractivity (Wildman–Crippen MR) is 117 cm³/mol. The first kappa shape index (κ1) is 20.7. The number of oxazole rings is 1. The average molecular weight is 427 g/mol. The molecule has 0 atom stereocenters. The molecule has 1 aliphatic rings. The maximum Gasteiger partial charge on any atom is 0.256 e. The lowest BCUT2D eigenvalue weighted by Crippen LogP contribution is -2.36. The minimum Gasteiger partial charge on any atom is -0.496 e. The van der Waals surface area contributed by atoms with Crippen LogP contribution in [0.15, 0.2) is 38.6 Å². The van der Waals surface area contributed by atoms with Crippen LogP contribution in [0.2, 0.25) is 0 Å². The van der Waals surface area contributed by atoms with Crippen LogP contribution in [0.3, 0.4) is 0 Å². The number of nitrogens with one attached hydrogen (secondary N) is 1. The number of aryl methyl sites for hydroxylation is 1. The van der Waals surface area contributed by atoms with E-state index in [1.807, 2.05) is 31.2 Å². The molecule has 4 rings (SSSR count). The van der Waals surface area contributed by atoms with Gasteiger partial charge in [-0.3, -0.25) is 9.69 Å². The molecule has 1 N–H and O–H groups in total. The van der Waals surface area contributed by atoms with E-state index in [2.05, 4.69) is 21.8 Å². The highest BCUT2D eigenvalue weighted by Crippen LogP contribution is 2.31. The fourth-order valence-electron chi connectivity index (χ4n) is 3.67. The number of thioether (sulfide) groups is 1. The molecular weight excluding hydrogens is 400 g/mol. The van der Waals surface area contributed by atoms with Crippen molar-refractivity contribution in [2.24, 2.45) is 0 Å². The van der Waals surface area contributed by atoms with Gasteiger partial charge in [-0.2, -0.15) is 0 Å². The number of ether oxygens (including phenoxy) is 1. The molecule has 1 aromatic carbocycles. The number of para-hydroxylation sites is 1. The van der Waals surface area contributed by atoms with Crippen molar-refractivity contribution >= 4 is 11.8 Å². The number of methoxy groups -OCH3 is 1. The highest BCUT2D eigenvalue weighted by Gasteiger charge is 2.21. The summed E-state index contributed by atoms with van der Waals surface area (Å²) in [7, 11) is 1.63. The van der Waals surface area contributed by atoms with Crippen molar-refractivity contribution in [2.75, 3.05) is 20.2 Å². The second kappa shape index (κ2) is 9.06. The second-order valence-corrected chi connectivity index (χ2v) is 8.30. The summed E-state index contributed by atoms with van der Waals surface area (Å²) in [5.74, 6) is 2.56. The fraction of sp³-hybridized carbons (Fsp3) is 0.409. The Kier molecular flexibility index (Phi) is 6.24. The summed E-state index contributed by atoms with van der Waals surface area (Å²) in [5, 5.41) is 0.629. The SMILES string of the molecule is CCCN1CCc2nc(SCc3nc(-c4ccccc4OC)oc3C)[nH]c(=O)c2C1. The third-order valence-corrected chi connectivity index (χ3v) is 6.13. The normalized spacial score (nSPS) is 14.0. The first-order valence-electron chi connectivity index (χ1n) is 10.2. The number of rotatable bonds is 7. The molecule has 0 fully saturated rings. The molecule has 0 saturated carbocycles. The van der Waals surface area contributed by atoms with Gasteiger partial charge in [0.05, 0.1) is 29.6 Å². The van der Waals surface area contributed by atoms with E-state index in [9.17, 15) is 4.79 Å². The molecule has 8 heteroatoms. The molecular formula is C22H26N4O3S. The van der Waals surface area contributed by atoms with Gasteiger partial charge < -0.3 is 14.1 Å². The molecule has 3 heterocycles. The van der Waals surface area contributed by atoms with Gasteiger partial charge in [0.15, 0.2) is 5.16 Å². The van der Waals surface area contributed by atoms with Gasteiger partial charge in [0.25, 0.3) is 5.56 Å². The minimum atomic E-state index is -0.0325. The standard InChI is InChI=1S/C22H26N4O3S/c1-4-10-26-11-9-17-16(12-26)20(27)25-22(24-17)30-13-18-14(2)29-21(23-18)15-7-5-6-8-19(15)28-3/h5-8H,4,9-13H2,1-3H3,(H,24,25,27). The molecule has 30 heavy (non-hydrogen) atoms. The summed E-state index contributed by atoms with van der Waals surface area (Å²) in [5.41, 5.74) is 3.33. The van der Waals surface area contributed by atoms with E-state index in [0.717, 1.165) is 60.0 Å². The second-order valence-electron chi connectivity index (χ2n) is 7.33. The molecule has 1 aliphatic heterocycles. The van der Waals surface area contributed by atoms with Crippen molar-refractivity contribution in [1.82, 2.24) is 19.9 Å². The van der Waals surface area contributed by atoms with E-state index in [0.29, 0.717) is 23.3 Å². The van der Waals surface area contributed by atoms with E-state index in [1.165, 1.54) is 11.8 Å². The summed E-state index contributed by atoms with van der Waals surface area (Å²) in [6, 6.07) is 7.64. The molecule has 7 nitrogen and oxygen atoms in total. The van der Waals surface area contributed by atoms with Crippen LogP contribution in [0, 0.1) is 6.92 Å². The van der Waals surface area contributed by atoms with E-state index in [4.69, 9.17) is 14.1 Å². The Morgan fingerprint density at radius 2 is 2.13 bits per heavy atom. The Morgan fingerprint density at radius 3 is 2.93 bits per heavy atom. The summed E-state index contributed by atoms with van der Waals surface area (Å²) in [6.45, 7) is 6.69. The van der Waals surface area contributed by atoms with Crippen LogP contribution in [0.5, 0.6) is 5.75 Å². The van der Waals surface area contributed by atoms with Crippen molar-refractivity contribution in [3.05, 3.63) is 57.3 Å². The molecule has 0 amide bonds. The van der Waals surface area contributed by atoms with Crippen LogP contribution < -0.4 is 10.3 Å². The van der Waals surface area contributed by atoms with Crippen LogP contribution in [-0.2, 0) is 18.7 Å². The molecule has 0 saturated heterocycles. The monoisotopic (exact) mass is 426 g/mol. The zero-order valence-corrected chi connectivity index (χ0v) is 18.3. The van der Waals surface area contributed by atoms with Crippen molar-refractivity contribution in [3.8, 4) is 17.2 Å². The van der Waals surface area contributed by atoms with Gasteiger partial charge >= 0.3 is 0 Å². The number of benzene rings is 1. The van der Waals surface area contributed by atoms with E-state index >= 15 is 0 Å². The van der Waals surface area contributed by atoms with Crippen LogP contribution in [0.1, 0.15) is 36.1 Å². The Bertz CT molecular complexity index is 1090. The molecule has 0 radical (unpaired) electrons. The van der Waals surface area contributed by atoms with Crippen molar-refractivity contribution < 1.29 is 9.15 Å². The van der Waals surface area contributed by atoms with E-state index in [-0.39, 0.29) is 5.56 Å². The molecule has 0 unspecified atom stereocenters. The van der Waals surface area contributed by atoms with Crippen LogP contribution >= 0.6 is 11.8 Å². The highest BCUT2D eigenvalue weighted by molar-refractivity contribution is 7.98. The largest absolute Gasteiger partial charge is 0.496 e. The number of nitrogens with zero attached hydrogens (tertiary/aromatic N) is 3. The number of H-pyrrole nitrogens is 1. The van der Waals surface area contributed by atoms with Gasteiger partial charge in [0, 0.05) is 25.3 Å². The quantitative estimate of drug-likeness (QED) is 0.454. The van der Waals surface area contributed by atoms with Crippen molar-refractivity contribution in [3.63, 3.8) is 0 Å². The van der Waals surface area contributed by atoms with E-state index < -0.39 is 0 Å². The Labute approximate surface area is 179 Å². The third kappa shape index (κ3) is 4.29. The summed E-state index contributed by atoms with van der Waals surface area (Å²) in [4.78, 5) is 27.2. The topological polar surface area (TPSA) is 84.2 Å². The van der Waals surface area contributed by atoms with Gasteiger partial charge in [0.2, 0.25) is 5.89 Å². The average Bonchev–Trinajstić information content (AvgIpc) is 3.13. The van der Waals surface area contributed by atoms with Crippen LogP contribution in [-0.4, -0.2) is 40.1 Å². The molecule has 0 spiro atoms. The molecule has 158 valence electrons. The van der Waals surface area contributed by atoms with Crippen LogP contribution in [0.25, 0.3) is 11.5 Å². The molecule has 2 aromatic heterocycles. The summed E-state index contributed by atoms with van der Waals surface area (Å²) in [6.07, 6.45) is 1.90. The Morgan fingerprint density at radius 1 is 1.30 bits per heavy atom. The van der Waals surface area contributed by atoms with Crippen molar-refractivity contribution in [2.45, 2.75) is 44.1 Å². The lowest BCUT2D eigenvalue weighted by atomic mass is 10.1. The minimum absolute atomic E-state index is 0.0325. The molecule has 0 aliphatic carbocycles. The maximum absolute atomic E-state index is 12.6. The van der Waals surface area contributed by atoms with Gasteiger partial charge in [-0.15, -0.1) is 0 Å². The Hall–Kier alpha value is -2.58. The lowest BCUT2D eigenvalue weighted by molar-refractivity contribution is 0.250. The number of aromatic nitrogens is 3. The Balaban J connectivity index is 1.50. The first-order valence-corrected chi connectivity index (χ1v) is 11.1. The number of fused-ring (bicyclic) bond motifs is 1. The zero-order chi connectivity index (χ0) is 21.1. The molecule has 3 aromatic rings. The van der Waals surface area contributed by atoms with Crippen LogP contribution in [0.4, 0.5) is 0 Å². The van der Waals surface area contributed by atoms with Gasteiger partial charge in [0.1, 0.15) is 11.5 Å². The van der Waals surface area contributed by atoms with Crippen molar-refractivity contribution in [1.29, 1.82) is 0 Å². The number of aromatic amines is 1. The smallest absolute Gasteiger partial charge is 0.256 e. The fourth-order valence-corrected chi connectivity index (χ4v) is 4.55. The summed E-state index contributed by atoms with van der Waals surface area (Å²) < 4.78 is 11.3. The lowest BCUT2D eigenvalue weighted by Gasteiger charge is -2.27. The first-order chi connectivity index (χ1) is 14.6. The maximum atomic E-state index is 12.6. The summed E-state index contributed by atoms with van der Waals surface area (Å²) >= 11 is 1.47. The number of hydrogen-bond acceptors (Lipinski definition) is 7. The zero-order valence-electron chi connectivity index (χ0n) is 17.5. The van der Waals surface area contributed by atoms with E-state index in [1.54, 1.807) is 7.11 Å². The van der Waals surface area contributed by atoms with Gasteiger partial charge in [-0.05, 0) is 32.0 Å².